The van der Waals surface area contributed by atoms with Gasteiger partial charge in [0.2, 0.25) is 0 Å². The van der Waals surface area contributed by atoms with Gasteiger partial charge in [0.1, 0.15) is 11.5 Å². The van der Waals surface area contributed by atoms with E-state index in [4.69, 9.17) is 14.2 Å². The van der Waals surface area contributed by atoms with E-state index in [9.17, 15) is 9.59 Å². The van der Waals surface area contributed by atoms with Gasteiger partial charge in [-0.15, -0.1) is 0 Å². The average Bonchev–Trinajstić information content (AvgIpc) is 2.68. The fraction of sp³-hybridized carbons (Fsp3) is 0.579. The van der Waals surface area contributed by atoms with Gasteiger partial charge in [-0.05, 0) is 32.0 Å². The van der Waals surface area contributed by atoms with Crippen molar-refractivity contribution in [1.82, 2.24) is 10.2 Å². The van der Waals surface area contributed by atoms with Crippen LogP contribution in [0.3, 0.4) is 0 Å². The van der Waals surface area contributed by atoms with Crippen LogP contribution >= 0.6 is 0 Å². The Labute approximate surface area is 160 Å². The van der Waals surface area contributed by atoms with E-state index in [1.807, 2.05) is 25.1 Å². The largest absolute Gasteiger partial charge is 0.497 e. The Hall–Kier alpha value is -2.48. The Morgan fingerprint density at radius 1 is 1.22 bits per heavy atom. The second kappa shape index (κ2) is 10.0. The molecule has 0 unspecified atom stereocenters. The Kier molecular flexibility index (Phi) is 7.72. The Morgan fingerprint density at radius 2 is 1.93 bits per heavy atom. The summed E-state index contributed by atoms with van der Waals surface area (Å²) in [5, 5.41) is 3.02. The SMILES string of the molecule is CCOC(=O)N1CC[NH+](CC(=O)N[C@@H](C)c2cc(OC)ccc2OC)CC1. The minimum atomic E-state index is -0.278. The van der Waals surface area contributed by atoms with Gasteiger partial charge in [-0.3, -0.25) is 9.69 Å². The molecule has 27 heavy (non-hydrogen) atoms. The van der Waals surface area contributed by atoms with Gasteiger partial charge in [0.15, 0.2) is 6.54 Å². The standard InChI is InChI=1S/C19H29N3O5/c1-5-27-19(24)22-10-8-21(9-11-22)13-18(23)20-14(2)16-12-15(25-3)6-7-17(16)26-4/h6-7,12,14H,5,8-11,13H2,1-4H3,(H,20,23)/p+1/t14-/m0/s1. The molecule has 1 aliphatic heterocycles. The van der Waals surface area contributed by atoms with Crippen LogP contribution in [-0.2, 0) is 9.53 Å². The van der Waals surface area contributed by atoms with Crippen LogP contribution in [0.1, 0.15) is 25.5 Å². The highest BCUT2D eigenvalue weighted by atomic mass is 16.6. The summed E-state index contributed by atoms with van der Waals surface area (Å²) in [5.41, 5.74) is 0.868. The number of ether oxygens (including phenoxy) is 3. The minimum Gasteiger partial charge on any atom is -0.497 e. The van der Waals surface area contributed by atoms with Gasteiger partial charge in [-0.2, -0.15) is 0 Å². The normalized spacial score (nSPS) is 15.8. The zero-order chi connectivity index (χ0) is 19.8. The third-order valence-corrected chi connectivity index (χ3v) is 4.69. The van der Waals surface area contributed by atoms with Crippen molar-refractivity contribution in [3.63, 3.8) is 0 Å². The molecule has 0 aliphatic carbocycles. The summed E-state index contributed by atoms with van der Waals surface area (Å²) in [6, 6.07) is 5.32. The van der Waals surface area contributed by atoms with Crippen LogP contribution in [0.15, 0.2) is 18.2 Å². The number of piperazine rings is 1. The first-order valence-electron chi connectivity index (χ1n) is 9.25. The van der Waals surface area contributed by atoms with Crippen LogP contribution in [0, 0.1) is 0 Å². The van der Waals surface area contributed by atoms with E-state index in [-0.39, 0.29) is 18.0 Å². The first kappa shape index (κ1) is 20.8. The van der Waals surface area contributed by atoms with E-state index in [2.05, 4.69) is 5.32 Å². The summed E-state index contributed by atoms with van der Waals surface area (Å²) in [4.78, 5) is 27.0. The lowest BCUT2D eigenvalue weighted by Crippen LogP contribution is -3.15. The number of nitrogens with zero attached hydrogens (tertiary/aromatic N) is 1. The maximum Gasteiger partial charge on any atom is 0.410 e. The van der Waals surface area contributed by atoms with E-state index in [0.29, 0.717) is 37.7 Å². The van der Waals surface area contributed by atoms with Gasteiger partial charge in [0.25, 0.3) is 5.91 Å². The predicted molar refractivity (Wildman–Crippen MR) is 100 cm³/mol. The maximum atomic E-state index is 12.5. The topological polar surface area (TPSA) is 81.5 Å². The molecule has 1 fully saturated rings. The first-order chi connectivity index (χ1) is 13.0. The second-order valence-corrected chi connectivity index (χ2v) is 6.51. The third-order valence-electron chi connectivity index (χ3n) is 4.69. The Morgan fingerprint density at radius 3 is 2.52 bits per heavy atom. The van der Waals surface area contributed by atoms with Crippen LogP contribution in [0.5, 0.6) is 11.5 Å². The number of carbonyl (C=O) groups excluding carboxylic acids is 2. The van der Waals surface area contributed by atoms with Gasteiger partial charge in [0, 0.05) is 5.56 Å². The minimum absolute atomic E-state index is 0.0352. The van der Waals surface area contributed by atoms with E-state index < -0.39 is 0 Å². The van der Waals surface area contributed by atoms with Crippen LogP contribution < -0.4 is 19.7 Å². The predicted octanol–water partition coefficient (Wildman–Crippen LogP) is 0.238. The zero-order valence-corrected chi connectivity index (χ0v) is 16.5. The molecule has 0 bridgehead atoms. The first-order valence-corrected chi connectivity index (χ1v) is 9.25. The van der Waals surface area contributed by atoms with Gasteiger partial charge in [0.05, 0.1) is 53.0 Å². The smallest absolute Gasteiger partial charge is 0.410 e. The number of benzene rings is 1. The third kappa shape index (κ3) is 5.75. The quantitative estimate of drug-likeness (QED) is 0.708. The number of nitrogens with one attached hydrogen (secondary N) is 2. The average molecular weight is 380 g/mol. The van der Waals surface area contributed by atoms with Crippen molar-refractivity contribution in [3.8, 4) is 11.5 Å². The van der Waals surface area contributed by atoms with E-state index >= 15 is 0 Å². The summed E-state index contributed by atoms with van der Waals surface area (Å²) in [7, 11) is 3.21. The van der Waals surface area contributed by atoms with Crippen molar-refractivity contribution in [1.29, 1.82) is 0 Å². The molecule has 8 heteroatoms. The Balaban J connectivity index is 1.86. The molecule has 8 nitrogen and oxygen atoms in total. The van der Waals surface area contributed by atoms with Crippen molar-refractivity contribution in [2.24, 2.45) is 0 Å². The molecule has 0 saturated carbocycles. The molecule has 0 radical (unpaired) electrons. The van der Waals surface area contributed by atoms with Gasteiger partial charge in [-0.1, -0.05) is 0 Å². The van der Waals surface area contributed by atoms with E-state index in [0.717, 1.165) is 23.6 Å². The number of amides is 2. The van der Waals surface area contributed by atoms with Crippen molar-refractivity contribution >= 4 is 12.0 Å². The monoisotopic (exact) mass is 380 g/mol. The number of quaternary nitrogens is 1. The summed E-state index contributed by atoms with van der Waals surface area (Å²) >= 11 is 0. The number of carbonyl (C=O) groups is 2. The van der Waals surface area contributed by atoms with Gasteiger partial charge in [-0.25, -0.2) is 4.79 Å². The fourth-order valence-electron chi connectivity index (χ4n) is 3.17. The molecule has 1 atom stereocenters. The van der Waals surface area contributed by atoms with E-state index in [1.54, 1.807) is 26.0 Å². The fourth-order valence-corrected chi connectivity index (χ4v) is 3.17. The number of hydrogen-bond acceptors (Lipinski definition) is 5. The van der Waals surface area contributed by atoms with Crippen LogP contribution in [0.2, 0.25) is 0 Å². The van der Waals surface area contributed by atoms with Crippen LogP contribution in [0.25, 0.3) is 0 Å². The molecule has 2 rings (SSSR count). The molecule has 150 valence electrons. The molecule has 0 aromatic heterocycles. The van der Waals surface area contributed by atoms with Crippen molar-refractivity contribution < 1.29 is 28.7 Å². The van der Waals surface area contributed by atoms with Crippen LogP contribution in [-0.4, -0.2) is 70.5 Å². The molecule has 2 N–H and O–H groups in total. The summed E-state index contributed by atoms with van der Waals surface area (Å²) in [6.07, 6.45) is -0.278. The molecular weight excluding hydrogens is 350 g/mol. The lowest BCUT2D eigenvalue weighted by Gasteiger charge is -2.31. The number of methoxy groups -OCH3 is 2. The highest BCUT2D eigenvalue weighted by molar-refractivity contribution is 5.77. The van der Waals surface area contributed by atoms with Gasteiger partial charge < -0.3 is 24.4 Å². The summed E-state index contributed by atoms with van der Waals surface area (Å²) in [5.74, 6) is 1.39. The molecular formula is C19H30N3O5+. The summed E-state index contributed by atoms with van der Waals surface area (Å²) in [6.45, 7) is 7.10. The lowest BCUT2D eigenvalue weighted by atomic mass is 10.1. The highest BCUT2D eigenvalue weighted by Gasteiger charge is 2.26. The van der Waals surface area contributed by atoms with Crippen molar-refractivity contribution in [2.75, 3.05) is 53.6 Å². The molecule has 1 heterocycles. The molecule has 2 amide bonds. The molecule has 1 aromatic carbocycles. The number of hydrogen-bond donors (Lipinski definition) is 2. The second-order valence-electron chi connectivity index (χ2n) is 6.51. The lowest BCUT2D eigenvalue weighted by molar-refractivity contribution is -0.896. The van der Waals surface area contributed by atoms with Crippen molar-refractivity contribution in [2.45, 2.75) is 19.9 Å². The number of rotatable bonds is 7. The zero-order valence-electron chi connectivity index (χ0n) is 16.5. The van der Waals surface area contributed by atoms with Gasteiger partial charge >= 0.3 is 6.09 Å². The Bertz CT molecular complexity index is 644. The highest BCUT2D eigenvalue weighted by Crippen LogP contribution is 2.29. The van der Waals surface area contributed by atoms with Crippen molar-refractivity contribution in [3.05, 3.63) is 23.8 Å². The molecule has 0 spiro atoms. The van der Waals surface area contributed by atoms with Crippen LogP contribution in [0.4, 0.5) is 4.79 Å². The molecule has 1 aromatic rings. The maximum absolute atomic E-state index is 12.5. The molecule has 1 saturated heterocycles. The summed E-state index contributed by atoms with van der Waals surface area (Å²) < 4.78 is 15.7. The molecule has 1 aliphatic rings. The van der Waals surface area contributed by atoms with E-state index in [1.165, 1.54) is 0 Å².